The minimum Gasteiger partial charge on any atom is -0.367 e. The van der Waals surface area contributed by atoms with Crippen molar-refractivity contribution in [2.75, 3.05) is 24.7 Å². The molecule has 0 amide bonds. The number of hydrogen-bond acceptors (Lipinski definition) is 8. The molecule has 4 aromatic rings. The second-order valence-corrected chi connectivity index (χ2v) is 12.0. The summed E-state index contributed by atoms with van der Waals surface area (Å²) in [5.74, 6) is 1.50. The van der Waals surface area contributed by atoms with Crippen molar-refractivity contribution in [3.8, 4) is 11.1 Å². The first-order chi connectivity index (χ1) is 16.8. The zero-order valence-electron chi connectivity index (χ0n) is 19.7. The minimum absolute atomic E-state index is 0.240. The molecule has 4 N–H and O–H groups in total. The van der Waals surface area contributed by atoms with Gasteiger partial charge in [0.2, 0.25) is 10.0 Å². The lowest BCUT2D eigenvalue weighted by Gasteiger charge is -2.27. The van der Waals surface area contributed by atoms with Gasteiger partial charge in [-0.1, -0.05) is 0 Å². The number of aromatic nitrogens is 3. The Labute approximate surface area is 209 Å². The van der Waals surface area contributed by atoms with E-state index in [2.05, 4.69) is 27.2 Å². The van der Waals surface area contributed by atoms with Crippen molar-refractivity contribution in [1.29, 1.82) is 0 Å². The Kier molecular flexibility index (Phi) is 6.49. The second-order valence-electron chi connectivity index (χ2n) is 9.03. The summed E-state index contributed by atoms with van der Waals surface area (Å²) in [5, 5.41) is 15.7. The molecule has 0 unspecified atom stereocenters. The molecule has 0 spiro atoms. The van der Waals surface area contributed by atoms with Gasteiger partial charge in [-0.2, -0.15) is 21.0 Å². The van der Waals surface area contributed by atoms with Gasteiger partial charge in [0.15, 0.2) is 5.65 Å². The highest BCUT2D eigenvalue weighted by atomic mass is 32.2. The smallest absolute Gasteiger partial charge is 0.242 e. The second kappa shape index (κ2) is 9.57. The minimum atomic E-state index is -3.49. The van der Waals surface area contributed by atoms with Crippen LogP contribution in [0.25, 0.3) is 16.8 Å². The van der Waals surface area contributed by atoms with E-state index in [0.717, 1.165) is 59.8 Å². The molecule has 5 rings (SSSR count). The highest BCUT2D eigenvalue weighted by Crippen LogP contribution is 2.31. The number of nitrogens with zero attached hydrogens (tertiary/aromatic N) is 4. The van der Waals surface area contributed by atoms with Crippen molar-refractivity contribution in [1.82, 2.24) is 18.9 Å². The van der Waals surface area contributed by atoms with Crippen molar-refractivity contribution < 1.29 is 8.42 Å². The number of nitrogens with one attached hydrogen (secondary N) is 2. The van der Waals surface area contributed by atoms with Crippen molar-refractivity contribution in [3.63, 3.8) is 0 Å². The zero-order chi connectivity index (χ0) is 24.6. The van der Waals surface area contributed by atoms with E-state index >= 15 is 0 Å². The average molecular weight is 512 g/mol. The summed E-state index contributed by atoms with van der Waals surface area (Å²) >= 11 is 1.63. The van der Waals surface area contributed by atoms with E-state index in [1.807, 2.05) is 17.6 Å². The van der Waals surface area contributed by atoms with Crippen LogP contribution in [-0.2, 0) is 10.0 Å². The first-order valence-corrected chi connectivity index (χ1v) is 13.9. The summed E-state index contributed by atoms with van der Waals surface area (Å²) in [7, 11) is -0.449. The largest absolute Gasteiger partial charge is 0.367 e. The standard InChI is InChI=1S/C24H29N7O2S2/c1-30(2)35(32,33)20-9-7-19(8-10-20)28-23-13-22(27-18-5-3-17(25)4-6-18)29-24-21(14-26-31(23)24)16-11-12-34-15-16/h7-15,17-18,28H,3-6,25H2,1-2H3,(H,27,29). The molecule has 184 valence electrons. The van der Waals surface area contributed by atoms with Gasteiger partial charge in [0.25, 0.3) is 0 Å². The third kappa shape index (κ3) is 4.90. The monoisotopic (exact) mass is 511 g/mol. The van der Waals surface area contributed by atoms with E-state index in [0.29, 0.717) is 6.04 Å². The van der Waals surface area contributed by atoms with Crippen LogP contribution in [0.5, 0.6) is 0 Å². The quantitative estimate of drug-likeness (QED) is 0.341. The Balaban J connectivity index is 1.50. The number of sulfonamides is 1. The van der Waals surface area contributed by atoms with Gasteiger partial charge >= 0.3 is 0 Å². The molecule has 0 bridgehead atoms. The Morgan fingerprint density at radius 1 is 1.11 bits per heavy atom. The van der Waals surface area contributed by atoms with E-state index in [-0.39, 0.29) is 10.9 Å². The number of hydrogen-bond donors (Lipinski definition) is 3. The summed E-state index contributed by atoms with van der Waals surface area (Å²) in [6.07, 6.45) is 5.84. The summed E-state index contributed by atoms with van der Waals surface area (Å²) in [5.41, 5.74) is 9.60. The molecular weight excluding hydrogens is 482 g/mol. The van der Waals surface area contributed by atoms with Crippen LogP contribution in [0.3, 0.4) is 0 Å². The number of rotatable bonds is 7. The molecule has 1 aromatic carbocycles. The van der Waals surface area contributed by atoms with Crippen LogP contribution < -0.4 is 16.4 Å². The maximum atomic E-state index is 12.4. The molecule has 1 aliphatic rings. The number of thiophene rings is 1. The van der Waals surface area contributed by atoms with Crippen molar-refractivity contribution >= 4 is 44.3 Å². The summed E-state index contributed by atoms with van der Waals surface area (Å²) in [6.45, 7) is 0. The molecule has 1 fully saturated rings. The number of fused-ring (bicyclic) bond motifs is 1. The summed E-state index contributed by atoms with van der Waals surface area (Å²) in [6, 6.07) is 11.3. The third-order valence-corrected chi connectivity index (χ3v) is 8.85. The van der Waals surface area contributed by atoms with E-state index in [1.54, 1.807) is 40.1 Å². The van der Waals surface area contributed by atoms with Crippen LogP contribution in [0.4, 0.5) is 17.3 Å². The molecule has 0 radical (unpaired) electrons. The van der Waals surface area contributed by atoms with Gasteiger partial charge in [0.1, 0.15) is 11.6 Å². The Morgan fingerprint density at radius 3 is 2.51 bits per heavy atom. The first-order valence-electron chi connectivity index (χ1n) is 11.5. The van der Waals surface area contributed by atoms with Crippen molar-refractivity contribution in [2.24, 2.45) is 5.73 Å². The molecule has 3 heterocycles. The van der Waals surface area contributed by atoms with Gasteiger partial charge in [-0.05, 0) is 72.3 Å². The molecule has 11 heteroatoms. The van der Waals surface area contributed by atoms with Gasteiger partial charge in [-0.3, -0.25) is 0 Å². The van der Waals surface area contributed by atoms with Crippen LogP contribution in [0.2, 0.25) is 0 Å². The fourth-order valence-corrected chi connectivity index (χ4v) is 5.85. The Morgan fingerprint density at radius 2 is 1.86 bits per heavy atom. The van der Waals surface area contributed by atoms with Crippen LogP contribution in [0.1, 0.15) is 25.7 Å². The molecule has 3 aromatic heterocycles. The van der Waals surface area contributed by atoms with E-state index in [4.69, 9.17) is 10.7 Å². The fourth-order valence-electron chi connectivity index (χ4n) is 4.29. The van der Waals surface area contributed by atoms with Crippen LogP contribution in [0, 0.1) is 0 Å². The lowest BCUT2D eigenvalue weighted by molar-refractivity contribution is 0.410. The molecule has 9 nitrogen and oxygen atoms in total. The average Bonchev–Trinajstić information content (AvgIpc) is 3.51. The summed E-state index contributed by atoms with van der Waals surface area (Å²) in [4.78, 5) is 5.15. The van der Waals surface area contributed by atoms with Crippen LogP contribution in [-0.4, -0.2) is 53.5 Å². The maximum Gasteiger partial charge on any atom is 0.242 e. The first kappa shape index (κ1) is 23.7. The zero-order valence-corrected chi connectivity index (χ0v) is 21.3. The van der Waals surface area contributed by atoms with Gasteiger partial charge in [0, 0.05) is 43.5 Å². The molecular formula is C24H29N7O2S2. The van der Waals surface area contributed by atoms with E-state index < -0.39 is 10.0 Å². The van der Waals surface area contributed by atoms with Crippen LogP contribution in [0.15, 0.2) is 58.3 Å². The predicted molar refractivity (Wildman–Crippen MR) is 141 cm³/mol. The lowest BCUT2D eigenvalue weighted by atomic mass is 9.92. The lowest BCUT2D eigenvalue weighted by Crippen LogP contribution is -2.33. The highest BCUT2D eigenvalue weighted by Gasteiger charge is 2.21. The molecule has 0 atom stereocenters. The molecule has 35 heavy (non-hydrogen) atoms. The predicted octanol–water partition coefficient (Wildman–Crippen LogP) is 4.13. The fraction of sp³-hybridized carbons (Fsp3) is 0.333. The van der Waals surface area contributed by atoms with Gasteiger partial charge < -0.3 is 16.4 Å². The van der Waals surface area contributed by atoms with E-state index in [1.165, 1.54) is 18.4 Å². The summed E-state index contributed by atoms with van der Waals surface area (Å²) < 4.78 is 27.8. The number of nitrogens with two attached hydrogens (primary N) is 1. The topological polar surface area (TPSA) is 118 Å². The Bertz CT molecular complexity index is 1410. The molecule has 0 saturated heterocycles. The third-order valence-electron chi connectivity index (χ3n) is 6.33. The normalized spacial score (nSPS) is 18.7. The van der Waals surface area contributed by atoms with Gasteiger partial charge in [-0.15, -0.1) is 0 Å². The molecule has 0 aliphatic heterocycles. The van der Waals surface area contributed by atoms with Crippen molar-refractivity contribution in [2.45, 2.75) is 42.7 Å². The van der Waals surface area contributed by atoms with Crippen molar-refractivity contribution in [3.05, 3.63) is 53.4 Å². The molecule has 1 saturated carbocycles. The van der Waals surface area contributed by atoms with Crippen LogP contribution >= 0.6 is 11.3 Å². The van der Waals surface area contributed by atoms with E-state index in [9.17, 15) is 8.42 Å². The number of benzene rings is 1. The number of anilines is 3. The highest BCUT2D eigenvalue weighted by molar-refractivity contribution is 7.89. The molecule has 1 aliphatic carbocycles. The van der Waals surface area contributed by atoms with Gasteiger partial charge in [-0.25, -0.2) is 17.7 Å². The van der Waals surface area contributed by atoms with Gasteiger partial charge in [0.05, 0.1) is 11.1 Å². The maximum absolute atomic E-state index is 12.4. The Hall–Kier alpha value is -2.99. The SMILES string of the molecule is CN(C)S(=O)(=O)c1ccc(Nc2cc(NC3CCC(N)CC3)nc3c(-c4ccsc4)cnn23)cc1.